The van der Waals surface area contributed by atoms with Crippen molar-refractivity contribution in [3.05, 3.63) is 60.0 Å². The van der Waals surface area contributed by atoms with E-state index in [9.17, 15) is 18.0 Å². The van der Waals surface area contributed by atoms with Gasteiger partial charge in [-0.1, -0.05) is 12.1 Å². The molecule has 0 amide bonds. The van der Waals surface area contributed by atoms with Gasteiger partial charge in [0.2, 0.25) is 5.69 Å². The molecule has 10 heteroatoms. The van der Waals surface area contributed by atoms with Crippen LogP contribution in [0.3, 0.4) is 0 Å². The smallest absolute Gasteiger partial charge is 0.416 e. The molecule has 0 N–H and O–H groups in total. The van der Waals surface area contributed by atoms with E-state index in [-0.39, 0.29) is 35.3 Å². The molecule has 0 aliphatic rings. The minimum atomic E-state index is -4.52. The summed E-state index contributed by atoms with van der Waals surface area (Å²) in [6.07, 6.45) is -1.63. The maximum Gasteiger partial charge on any atom is 0.416 e. The van der Waals surface area contributed by atoms with Crippen LogP contribution in [0.4, 0.5) is 13.2 Å². The van der Waals surface area contributed by atoms with Gasteiger partial charge in [-0.05, 0) is 31.2 Å². The van der Waals surface area contributed by atoms with Crippen molar-refractivity contribution in [2.75, 3.05) is 6.61 Å². The zero-order chi connectivity index (χ0) is 20.1. The van der Waals surface area contributed by atoms with Crippen LogP contribution in [0.2, 0.25) is 0 Å². The van der Waals surface area contributed by atoms with Crippen molar-refractivity contribution in [2.24, 2.45) is 0 Å². The number of alkyl halides is 3. The summed E-state index contributed by atoms with van der Waals surface area (Å²) in [6, 6.07) is 7.59. The van der Waals surface area contributed by atoms with Crippen LogP contribution < -0.4 is 4.74 Å². The van der Waals surface area contributed by atoms with E-state index in [1.165, 1.54) is 24.5 Å². The Bertz CT molecular complexity index is 981. The second kappa shape index (κ2) is 7.99. The Morgan fingerprint density at radius 1 is 1.14 bits per heavy atom. The predicted molar refractivity (Wildman–Crippen MR) is 90.5 cm³/mol. The van der Waals surface area contributed by atoms with Crippen molar-refractivity contribution in [3.63, 3.8) is 0 Å². The number of hydrogen-bond donors (Lipinski definition) is 0. The fraction of sp³-hybridized carbons (Fsp3) is 0.167. The highest BCUT2D eigenvalue weighted by atomic mass is 19.4. The normalized spacial score (nSPS) is 11.1. The first kappa shape index (κ1) is 19.2. The van der Waals surface area contributed by atoms with Gasteiger partial charge in [0.25, 0.3) is 5.88 Å². The molecule has 0 saturated heterocycles. The van der Waals surface area contributed by atoms with Gasteiger partial charge < -0.3 is 9.47 Å². The molecular weight excluding hydrogens is 377 g/mol. The molecule has 2 aromatic heterocycles. The standard InChI is InChI=1S/C18H13F3N4O3/c1-2-27-17(26)14-16(28-13-7-4-8-22-10-13)23-15(25-24-14)11-5-3-6-12(9-11)18(19,20)21/h3-10H,2H2,1H3. The van der Waals surface area contributed by atoms with E-state index in [2.05, 4.69) is 20.2 Å². The van der Waals surface area contributed by atoms with E-state index in [1.54, 1.807) is 19.1 Å². The lowest BCUT2D eigenvalue weighted by Crippen LogP contribution is -2.12. The molecule has 0 aliphatic heterocycles. The number of aromatic nitrogens is 4. The first-order valence-corrected chi connectivity index (χ1v) is 8.06. The van der Waals surface area contributed by atoms with Crippen LogP contribution in [0.1, 0.15) is 23.0 Å². The van der Waals surface area contributed by atoms with E-state index in [4.69, 9.17) is 9.47 Å². The number of hydrogen-bond acceptors (Lipinski definition) is 7. The van der Waals surface area contributed by atoms with Gasteiger partial charge in [-0.15, -0.1) is 10.2 Å². The van der Waals surface area contributed by atoms with Crippen LogP contribution in [0, 0.1) is 0 Å². The number of nitrogens with zero attached hydrogens (tertiary/aromatic N) is 4. The maximum absolute atomic E-state index is 13.0. The molecule has 2 heterocycles. The van der Waals surface area contributed by atoms with Crippen LogP contribution >= 0.6 is 0 Å². The molecule has 144 valence electrons. The molecule has 0 radical (unpaired) electrons. The van der Waals surface area contributed by atoms with Crippen molar-refractivity contribution >= 4 is 5.97 Å². The number of benzene rings is 1. The monoisotopic (exact) mass is 390 g/mol. The molecule has 1 aromatic carbocycles. The summed E-state index contributed by atoms with van der Waals surface area (Å²) in [5.41, 5.74) is -1.10. The molecular formula is C18H13F3N4O3. The molecule has 0 atom stereocenters. The topological polar surface area (TPSA) is 87.1 Å². The van der Waals surface area contributed by atoms with Crippen LogP contribution in [0.25, 0.3) is 11.4 Å². The third-order valence-corrected chi connectivity index (χ3v) is 3.42. The number of rotatable bonds is 5. The predicted octanol–water partition coefficient (Wildman–Crippen LogP) is 3.92. The molecule has 0 unspecified atom stereocenters. The average Bonchev–Trinajstić information content (AvgIpc) is 2.68. The number of halogens is 3. The highest BCUT2D eigenvalue weighted by Gasteiger charge is 2.31. The fourth-order valence-corrected chi connectivity index (χ4v) is 2.19. The van der Waals surface area contributed by atoms with Gasteiger partial charge in [-0.2, -0.15) is 18.2 Å². The Kier molecular flexibility index (Phi) is 5.48. The maximum atomic E-state index is 13.0. The number of ether oxygens (including phenoxy) is 2. The molecule has 7 nitrogen and oxygen atoms in total. The summed E-state index contributed by atoms with van der Waals surface area (Å²) >= 11 is 0. The number of pyridine rings is 1. The number of esters is 1. The quantitative estimate of drug-likeness (QED) is 0.610. The van der Waals surface area contributed by atoms with E-state index < -0.39 is 17.7 Å². The van der Waals surface area contributed by atoms with Crippen molar-refractivity contribution in [1.29, 1.82) is 0 Å². The van der Waals surface area contributed by atoms with E-state index in [0.29, 0.717) is 0 Å². The van der Waals surface area contributed by atoms with Gasteiger partial charge in [0.05, 0.1) is 18.4 Å². The number of carbonyl (C=O) groups is 1. The van der Waals surface area contributed by atoms with Gasteiger partial charge >= 0.3 is 12.1 Å². The molecule has 0 spiro atoms. The molecule has 0 fully saturated rings. The summed E-state index contributed by atoms with van der Waals surface area (Å²) in [5.74, 6) is -0.965. The van der Waals surface area contributed by atoms with Gasteiger partial charge in [-0.25, -0.2) is 4.79 Å². The van der Waals surface area contributed by atoms with Gasteiger partial charge in [0.15, 0.2) is 5.82 Å². The third kappa shape index (κ3) is 4.40. The van der Waals surface area contributed by atoms with Crippen molar-refractivity contribution in [1.82, 2.24) is 20.2 Å². The highest BCUT2D eigenvalue weighted by molar-refractivity contribution is 5.89. The molecule has 0 bridgehead atoms. The summed E-state index contributed by atoms with van der Waals surface area (Å²) in [6.45, 7) is 1.69. The first-order chi connectivity index (χ1) is 13.4. The Balaban J connectivity index is 2.04. The number of carbonyl (C=O) groups excluding carboxylic acids is 1. The Morgan fingerprint density at radius 3 is 2.64 bits per heavy atom. The van der Waals surface area contributed by atoms with Crippen molar-refractivity contribution in [3.8, 4) is 23.0 Å². The highest BCUT2D eigenvalue weighted by Crippen LogP contribution is 2.32. The van der Waals surface area contributed by atoms with E-state index in [1.807, 2.05) is 0 Å². The van der Waals surface area contributed by atoms with Gasteiger partial charge in [-0.3, -0.25) is 4.98 Å². The van der Waals surface area contributed by atoms with Gasteiger partial charge in [0, 0.05) is 11.8 Å². The average molecular weight is 390 g/mol. The van der Waals surface area contributed by atoms with Crippen molar-refractivity contribution < 1.29 is 27.4 Å². The fourth-order valence-electron chi connectivity index (χ4n) is 2.19. The minimum Gasteiger partial charge on any atom is -0.461 e. The Morgan fingerprint density at radius 2 is 1.96 bits per heavy atom. The summed E-state index contributed by atoms with van der Waals surface area (Å²) in [7, 11) is 0. The lowest BCUT2D eigenvalue weighted by molar-refractivity contribution is -0.137. The van der Waals surface area contributed by atoms with Crippen molar-refractivity contribution in [2.45, 2.75) is 13.1 Å². The SMILES string of the molecule is CCOC(=O)c1nnc(-c2cccc(C(F)(F)F)c2)nc1Oc1cccnc1. The second-order valence-electron chi connectivity index (χ2n) is 5.38. The van der Waals surface area contributed by atoms with Gasteiger partial charge in [0.1, 0.15) is 5.75 Å². The van der Waals surface area contributed by atoms with Crippen LogP contribution in [0.5, 0.6) is 11.6 Å². The summed E-state index contributed by atoms with van der Waals surface area (Å²) in [5, 5.41) is 7.50. The van der Waals surface area contributed by atoms with Crippen LogP contribution in [-0.4, -0.2) is 32.7 Å². The van der Waals surface area contributed by atoms with Crippen LogP contribution in [0.15, 0.2) is 48.8 Å². The Hall–Kier alpha value is -3.56. The zero-order valence-electron chi connectivity index (χ0n) is 14.5. The zero-order valence-corrected chi connectivity index (χ0v) is 14.5. The lowest BCUT2D eigenvalue weighted by Gasteiger charge is -2.11. The lowest BCUT2D eigenvalue weighted by atomic mass is 10.1. The first-order valence-electron chi connectivity index (χ1n) is 8.06. The van der Waals surface area contributed by atoms with Crippen LogP contribution in [-0.2, 0) is 10.9 Å². The third-order valence-electron chi connectivity index (χ3n) is 3.42. The Labute approximate surface area is 157 Å². The molecule has 0 aliphatic carbocycles. The molecule has 3 rings (SSSR count). The van der Waals surface area contributed by atoms with E-state index in [0.717, 1.165) is 12.1 Å². The summed E-state index contributed by atoms with van der Waals surface area (Å²) in [4.78, 5) is 20.0. The summed E-state index contributed by atoms with van der Waals surface area (Å²) < 4.78 is 49.3. The molecule has 3 aromatic rings. The molecule has 28 heavy (non-hydrogen) atoms. The molecule has 0 saturated carbocycles. The second-order valence-corrected chi connectivity index (χ2v) is 5.38. The minimum absolute atomic E-state index is 0.0637. The van der Waals surface area contributed by atoms with E-state index >= 15 is 0 Å². The largest absolute Gasteiger partial charge is 0.461 e.